The largest absolute Gasteiger partial charge is 0.497 e. The van der Waals surface area contributed by atoms with Crippen molar-refractivity contribution in [3.05, 3.63) is 85.1 Å². The highest BCUT2D eigenvalue weighted by Crippen LogP contribution is 2.32. The summed E-state index contributed by atoms with van der Waals surface area (Å²) < 4.78 is 20.7. The van der Waals surface area contributed by atoms with Gasteiger partial charge < -0.3 is 4.74 Å². The molecule has 31 heavy (non-hydrogen) atoms. The zero-order valence-corrected chi connectivity index (χ0v) is 18.1. The Bertz CT molecular complexity index is 1310. The molecular formula is C23H19Cl2FN4O. The maximum atomic E-state index is 13.3. The van der Waals surface area contributed by atoms with Gasteiger partial charge in [-0.1, -0.05) is 12.1 Å². The van der Waals surface area contributed by atoms with Crippen molar-refractivity contribution in [3.8, 4) is 39.4 Å². The Labute approximate surface area is 190 Å². The number of nitrogens with zero attached hydrogens (tertiary/aromatic N) is 3. The molecule has 0 saturated carbocycles. The number of hydrogen-bond donors (Lipinski definition) is 1. The highest BCUT2D eigenvalue weighted by Gasteiger charge is 2.13. The first kappa shape index (κ1) is 22.3. The maximum absolute atomic E-state index is 13.3. The minimum absolute atomic E-state index is 0. The fourth-order valence-electron chi connectivity index (χ4n) is 3.47. The standard InChI is InChI=1S/C23H17FN4O.2ClH/c1-29-19-4-2-3-16(11-19)21-13-25-22-10-7-17(14-28(21)22)20-12-26-27-23(20)15-5-8-18(24)9-6-15;;/h2-14H,1H3,(H,26,27);2*1H. The molecule has 0 atom stereocenters. The lowest BCUT2D eigenvalue weighted by Crippen LogP contribution is -1.91. The Morgan fingerprint density at radius 3 is 2.48 bits per heavy atom. The number of nitrogens with one attached hydrogen (secondary N) is 1. The molecule has 2 aromatic carbocycles. The van der Waals surface area contributed by atoms with Crippen LogP contribution in [0.1, 0.15) is 0 Å². The summed E-state index contributed by atoms with van der Waals surface area (Å²) >= 11 is 0. The van der Waals surface area contributed by atoms with E-state index < -0.39 is 0 Å². The quantitative estimate of drug-likeness (QED) is 0.358. The summed E-state index contributed by atoms with van der Waals surface area (Å²) in [5.41, 5.74) is 6.36. The number of halogens is 3. The number of ether oxygens (including phenoxy) is 1. The predicted octanol–water partition coefficient (Wildman–Crippen LogP) is 6.05. The van der Waals surface area contributed by atoms with E-state index in [2.05, 4.69) is 15.2 Å². The second-order valence-corrected chi connectivity index (χ2v) is 6.68. The fraction of sp³-hybridized carbons (Fsp3) is 0.0435. The third kappa shape index (κ3) is 4.13. The highest BCUT2D eigenvalue weighted by atomic mass is 35.5. The van der Waals surface area contributed by atoms with Gasteiger partial charge in [-0.2, -0.15) is 5.10 Å². The van der Waals surface area contributed by atoms with Gasteiger partial charge in [0.2, 0.25) is 0 Å². The van der Waals surface area contributed by atoms with Crippen LogP contribution < -0.4 is 4.74 Å². The van der Waals surface area contributed by atoms with E-state index in [9.17, 15) is 4.39 Å². The lowest BCUT2D eigenvalue weighted by molar-refractivity contribution is 0.415. The van der Waals surface area contributed by atoms with Gasteiger partial charge in [0.1, 0.15) is 17.2 Å². The molecule has 0 aliphatic heterocycles. The van der Waals surface area contributed by atoms with Crippen LogP contribution in [0.15, 0.2) is 79.3 Å². The van der Waals surface area contributed by atoms with Gasteiger partial charge in [0.25, 0.3) is 0 Å². The number of pyridine rings is 1. The molecule has 3 heterocycles. The average molecular weight is 457 g/mol. The normalized spacial score (nSPS) is 10.4. The Morgan fingerprint density at radius 2 is 1.71 bits per heavy atom. The number of benzene rings is 2. The summed E-state index contributed by atoms with van der Waals surface area (Å²) in [7, 11) is 1.65. The average Bonchev–Trinajstić information content (AvgIpc) is 3.41. The second-order valence-electron chi connectivity index (χ2n) is 6.68. The first-order valence-corrected chi connectivity index (χ1v) is 9.14. The van der Waals surface area contributed by atoms with Crippen LogP contribution in [-0.4, -0.2) is 26.7 Å². The Kier molecular flexibility index (Phi) is 6.63. The molecule has 0 unspecified atom stereocenters. The number of aromatic nitrogens is 4. The molecule has 0 radical (unpaired) electrons. The lowest BCUT2D eigenvalue weighted by Gasteiger charge is -2.07. The minimum atomic E-state index is -0.270. The van der Waals surface area contributed by atoms with Crippen molar-refractivity contribution >= 4 is 30.5 Å². The topological polar surface area (TPSA) is 55.2 Å². The van der Waals surface area contributed by atoms with Crippen molar-refractivity contribution in [1.29, 1.82) is 0 Å². The van der Waals surface area contributed by atoms with Gasteiger partial charge in [-0.15, -0.1) is 24.8 Å². The van der Waals surface area contributed by atoms with Crippen molar-refractivity contribution in [2.24, 2.45) is 0 Å². The summed E-state index contributed by atoms with van der Waals surface area (Å²) in [5, 5.41) is 7.30. The Hall–Kier alpha value is -3.35. The third-order valence-corrected chi connectivity index (χ3v) is 4.94. The van der Waals surface area contributed by atoms with Gasteiger partial charge in [0.15, 0.2) is 0 Å². The first-order valence-electron chi connectivity index (χ1n) is 9.14. The van der Waals surface area contributed by atoms with Crippen molar-refractivity contribution in [2.75, 3.05) is 7.11 Å². The van der Waals surface area contributed by atoms with Crippen LogP contribution in [0.3, 0.4) is 0 Å². The number of methoxy groups -OCH3 is 1. The summed E-state index contributed by atoms with van der Waals surface area (Å²) in [6.07, 6.45) is 5.74. The Balaban J connectivity index is 0.00000136. The van der Waals surface area contributed by atoms with E-state index in [0.717, 1.165) is 45.0 Å². The zero-order chi connectivity index (χ0) is 19.8. The summed E-state index contributed by atoms with van der Waals surface area (Å²) in [5.74, 6) is 0.524. The van der Waals surface area contributed by atoms with Crippen LogP contribution in [0, 0.1) is 5.82 Å². The zero-order valence-electron chi connectivity index (χ0n) is 16.4. The molecule has 0 spiro atoms. The molecule has 0 amide bonds. The summed E-state index contributed by atoms with van der Waals surface area (Å²) in [4.78, 5) is 4.52. The number of aromatic amines is 1. The molecule has 1 N–H and O–H groups in total. The molecule has 0 bridgehead atoms. The second kappa shape index (κ2) is 9.20. The van der Waals surface area contributed by atoms with E-state index in [1.54, 1.807) is 19.2 Å². The van der Waals surface area contributed by atoms with Gasteiger partial charge in [-0.05, 0) is 48.5 Å². The predicted molar refractivity (Wildman–Crippen MR) is 125 cm³/mol. The van der Waals surface area contributed by atoms with E-state index in [1.165, 1.54) is 12.1 Å². The van der Waals surface area contributed by atoms with Crippen molar-refractivity contribution in [3.63, 3.8) is 0 Å². The molecule has 5 nitrogen and oxygen atoms in total. The highest BCUT2D eigenvalue weighted by molar-refractivity contribution is 5.85. The molecule has 3 aromatic heterocycles. The lowest BCUT2D eigenvalue weighted by atomic mass is 10.0. The summed E-state index contributed by atoms with van der Waals surface area (Å²) in [6.45, 7) is 0. The number of hydrogen-bond acceptors (Lipinski definition) is 3. The van der Waals surface area contributed by atoms with E-state index >= 15 is 0 Å². The van der Waals surface area contributed by atoms with Gasteiger partial charge in [0.05, 0.1) is 24.7 Å². The fourth-order valence-corrected chi connectivity index (χ4v) is 3.47. The van der Waals surface area contributed by atoms with Crippen molar-refractivity contribution in [1.82, 2.24) is 19.6 Å². The van der Waals surface area contributed by atoms with Crippen LogP contribution in [-0.2, 0) is 0 Å². The molecule has 5 rings (SSSR count). The molecule has 5 aromatic rings. The minimum Gasteiger partial charge on any atom is -0.497 e. The van der Waals surface area contributed by atoms with Gasteiger partial charge >= 0.3 is 0 Å². The maximum Gasteiger partial charge on any atom is 0.137 e. The molecule has 158 valence electrons. The SMILES string of the molecule is COc1cccc(-c2cnc3ccc(-c4c[nH]nc4-c4ccc(F)cc4)cn23)c1.Cl.Cl. The van der Waals surface area contributed by atoms with Crippen LogP contribution in [0.25, 0.3) is 39.3 Å². The third-order valence-electron chi connectivity index (χ3n) is 4.94. The number of imidazole rings is 1. The molecule has 8 heteroatoms. The van der Waals surface area contributed by atoms with E-state index in [1.807, 2.05) is 59.4 Å². The molecule has 0 saturated heterocycles. The number of H-pyrrole nitrogens is 1. The van der Waals surface area contributed by atoms with E-state index in [4.69, 9.17) is 4.74 Å². The van der Waals surface area contributed by atoms with E-state index in [0.29, 0.717) is 0 Å². The smallest absolute Gasteiger partial charge is 0.137 e. The van der Waals surface area contributed by atoms with Gasteiger partial charge in [0, 0.05) is 34.6 Å². The number of fused-ring (bicyclic) bond motifs is 1. The van der Waals surface area contributed by atoms with E-state index in [-0.39, 0.29) is 30.6 Å². The Morgan fingerprint density at radius 1 is 0.935 bits per heavy atom. The molecule has 0 fully saturated rings. The monoisotopic (exact) mass is 456 g/mol. The van der Waals surface area contributed by atoms with Crippen LogP contribution in [0.5, 0.6) is 5.75 Å². The first-order chi connectivity index (χ1) is 14.2. The van der Waals surface area contributed by atoms with Gasteiger partial charge in [-0.3, -0.25) is 9.50 Å². The van der Waals surface area contributed by atoms with Crippen LogP contribution >= 0.6 is 24.8 Å². The molecule has 0 aliphatic rings. The summed E-state index contributed by atoms with van der Waals surface area (Å²) in [6, 6.07) is 18.2. The van der Waals surface area contributed by atoms with Crippen molar-refractivity contribution < 1.29 is 9.13 Å². The molecule has 0 aliphatic carbocycles. The van der Waals surface area contributed by atoms with Crippen LogP contribution in [0.2, 0.25) is 0 Å². The van der Waals surface area contributed by atoms with Gasteiger partial charge in [-0.25, -0.2) is 9.37 Å². The van der Waals surface area contributed by atoms with Crippen LogP contribution in [0.4, 0.5) is 4.39 Å². The number of rotatable bonds is 4. The molecular weight excluding hydrogens is 438 g/mol. The van der Waals surface area contributed by atoms with Crippen molar-refractivity contribution in [2.45, 2.75) is 0 Å².